The standard InChI is InChI=1S/C14H22N2O/c1-9-4-3-5-11(8-9)13(17)12-10(2)6-7-16-14(12)15/h6-7,9,11,13,17H,3-5,8H2,1-2H3,(H2,15,16). The summed E-state index contributed by atoms with van der Waals surface area (Å²) in [6, 6.07) is 1.92. The smallest absolute Gasteiger partial charge is 0.129 e. The molecule has 0 radical (unpaired) electrons. The highest BCUT2D eigenvalue weighted by Gasteiger charge is 2.28. The molecule has 0 amide bonds. The van der Waals surface area contributed by atoms with Gasteiger partial charge in [0.05, 0.1) is 6.10 Å². The average Bonchev–Trinajstić information content (AvgIpc) is 2.28. The zero-order valence-electron chi connectivity index (χ0n) is 10.7. The summed E-state index contributed by atoms with van der Waals surface area (Å²) >= 11 is 0. The molecular weight excluding hydrogens is 212 g/mol. The minimum absolute atomic E-state index is 0.337. The molecule has 0 aromatic carbocycles. The van der Waals surface area contributed by atoms with Gasteiger partial charge in [-0.25, -0.2) is 4.98 Å². The molecule has 3 nitrogen and oxygen atoms in total. The summed E-state index contributed by atoms with van der Waals surface area (Å²) in [5.41, 5.74) is 7.78. The number of nitrogen functional groups attached to an aromatic ring is 1. The Hall–Kier alpha value is -1.09. The van der Waals surface area contributed by atoms with E-state index >= 15 is 0 Å². The molecule has 3 atom stereocenters. The van der Waals surface area contributed by atoms with Crippen molar-refractivity contribution < 1.29 is 5.11 Å². The van der Waals surface area contributed by atoms with Crippen LogP contribution in [0.3, 0.4) is 0 Å². The molecule has 1 aromatic rings. The number of aliphatic hydroxyl groups excluding tert-OH is 1. The number of pyridine rings is 1. The van der Waals surface area contributed by atoms with Crippen molar-refractivity contribution in [3.8, 4) is 0 Å². The van der Waals surface area contributed by atoms with Gasteiger partial charge in [0.15, 0.2) is 0 Å². The Labute approximate surface area is 103 Å². The van der Waals surface area contributed by atoms with Crippen molar-refractivity contribution in [3.05, 3.63) is 23.4 Å². The van der Waals surface area contributed by atoms with Crippen molar-refractivity contribution in [3.63, 3.8) is 0 Å². The molecule has 0 bridgehead atoms. The fraction of sp³-hybridized carbons (Fsp3) is 0.643. The molecule has 1 aliphatic carbocycles. The van der Waals surface area contributed by atoms with Crippen molar-refractivity contribution in [2.45, 2.75) is 45.6 Å². The number of aromatic nitrogens is 1. The molecule has 0 saturated heterocycles. The molecule has 94 valence electrons. The van der Waals surface area contributed by atoms with Gasteiger partial charge in [-0.3, -0.25) is 0 Å². The monoisotopic (exact) mass is 234 g/mol. The number of aryl methyl sites for hydroxylation is 1. The predicted octanol–water partition coefficient (Wildman–Crippen LogP) is 2.83. The quantitative estimate of drug-likeness (QED) is 0.827. The van der Waals surface area contributed by atoms with E-state index in [9.17, 15) is 5.11 Å². The van der Waals surface area contributed by atoms with E-state index in [2.05, 4.69) is 11.9 Å². The predicted molar refractivity (Wildman–Crippen MR) is 69.5 cm³/mol. The van der Waals surface area contributed by atoms with Crippen LogP contribution in [0.2, 0.25) is 0 Å². The van der Waals surface area contributed by atoms with Crippen LogP contribution in [0.4, 0.5) is 5.82 Å². The fourth-order valence-electron chi connectivity index (χ4n) is 2.98. The highest BCUT2D eigenvalue weighted by Crippen LogP contribution is 2.39. The van der Waals surface area contributed by atoms with Gasteiger partial charge < -0.3 is 10.8 Å². The second-order valence-corrected chi connectivity index (χ2v) is 5.40. The third-order valence-corrected chi connectivity index (χ3v) is 3.96. The van der Waals surface area contributed by atoms with Crippen LogP contribution < -0.4 is 5.73 Å². The summed E-state index contributed by atoms with van der Waals surface area (Å²) in [7, 11) is 0. The molecular formula is C14H22N2O. The van der Waals surface area contributed by atoms with Crippen LogP contribution in [0.25, 0.3) is 0 Å². The Bertz CT molecular complexity index is 372. The van der Waals surface area contributed by atoms with Gasteiger partial charge >= 0.3 is 0 Å². The topological polar surface area (TPSA) is 59.1 Å². The summed E-state index contributed by atoms with van der Waals surface area (Å²) in [5.74, 6) is 1.53. The number of hydrogen-bond acceptors (Lipinski definition) is 3. The Balaban J connectivity index is 2.21. The van der Waals surface area contributed by atoms with Gasteiger partial charge in [0, 0.05) is 11.8 Å². The maximum atomic E-state index is 10.5. The lowest BCUT2D eigenvalue weighted by molar-refractivity contribution is 0.0713. The number of nitrogens with zero attached hydrogens (tertiary/aromatic N) is 1. The third-order valence-electron chi connectivity index (χ3n) is 3.96. The highest BCUT2D eigenvalue weighted by molar-refractivity contribution is 5.45. The summed E-state index contributed by atoms with van der Waals surface area (Å²) in [5, 5.41) is 10.5. The summed E-state index contributed by atoms with van der Waals surface area (Å²) < 4.78 is 0. The van der Waals surface area contributed by atoms with E-state index in [0.717, 1.165) is 24.0 Å². The van der Waals surface area contributed by atoms with Crippen molar-refractivity contribution in [2.75, 3.05) is 5.73 Å². The molecule has 3 N–H and O–H groups in total. The van der Waals surface area contributed by atoms with E-state index in [1.54, 1.807) is 6.20 Å². The van der Waals surface area contributed by atoms with Crippen molar-refractivity contribution in [1.82, 2.24) is 4.98 Å². The molecule has 1 aliphatic rings. The van der Waals surface area contributed by atoms with E-state index in [1.165, 1.54) is 12.8 Å². The van der Waals surface area contributed by atoms with Crippen LogP contribution in [0.15, 0.2) is 12.3 Å². The lowest BCUT2D eigenvalue weighted by Gasteiger charge is -2.31. The van der Waals surface area contributed by atoms with Gasteiger partial charge in [-0.15, -0.1) is 0 Å². The summed E-state index contributed by atoms with van der Waals surface area (Å²) in [6.45, 7) is 4.25. The SMILES string of the molecule is Cc1ccnc(N)c1C(O)C1CCCC(C)C1. The molecule has 1 heterocycles. The molecule has 2 rings (SSSR count). The second-order valence-electron chi connectivity index (χ2n) is 5.40. The third kappa shape index (κ3) is 2.60. The van der Waals surface area contributed by atoms with E-state index in [1.807, 2.05) is 13.0 Å². The van der Waals surface area contributed by atoms with Gasteiger partial charge in [-0.05, 0) is 43.2 Å². The first-order valence-corrected chi connectivity index (χ1v) is 6.48. The van der Waals surface area contributed by atoms with Crippen molar-refractivity contribution in [1.29, 1.82) is 0 Å². The molecule has 3 unspecified atom stereocenters. The van der Waals surface area contributed by atoms with Crippen LogP contribution in [-0.4, -0.2) is 10.1 Å². The zero-order valence-corrected chi connectivity index (χ0v) is 10.7. The van der Waals surface area contributed by atoms with E-state index in [0.29, 0.717) is 17.7 Å². The molecule has 1 aromatic heterocycles. The lowest BCUT2D eigenvalue weighted by Crippen LogP contribution is -2.22. The number of rotatable bonds is 2. The van der Waals surface area contributed by atoms with E-state index in [4.69, 9.17) is 5.73 Å². The summed E-state index contributed by atoms with van der Waals surface area (Å²) in [6.07, 6.45) is 5.93. The summed E-state index contributed by atoms with van der Waals surface area (Å²) in [4.78, 5) is 4.09. The van der Waals surface area contributed by atoms with Crippen molar-refractivity contribution in [2.24, 2.45) is 11.8 Å². The minimum Gasteiger partial charge on any atom is -0.388 e. The first kappa shape index (κ1) is 12.4. The molecule has 1 fully saturated rings. The zero-order chi connectivity index (χ0) is 12.4. The van der Waals surface area contributed by atoms with E-state index < -0.39 is 6.10 Å². The maximum absolute atomic E-state index is 10.5. The van der Waals surface area contributed by atoms with Gasteiger partial charge in [0.25, 0.3) is 0 Å². The van der Waals surface area contributed by atoms with Crippen LogP contribution in [0.1, 0.15) is 49.8 Å². The largest absolute Gasteiger partial charge is 0.388 e. The molecule has 0 aliphatic heterocycles. The van der Waals surface area contributed by atoms with Crippen LogP contribution in [-0.2, 0) is 0 Å². The van der Waals surface area contributed by atoms with Gasteiger partial charge in [-0.2, -0.15) is 0 Å². The van der Waals surface area contributed by atoms with Gasteiger partial charge in [0.1, 0.15) is 5.82 Å². The minimum atomic E-state index is -0.452. The Morgan fingerprint density at radius 1 is 1.47 bits per heavy atom. The Kier molecular flexibility index (Phi) is 3.67. The molecule has 0 spiro atoms. The van der Waals surface area contributed by atoms with Crippen molar-refractivity contribution >= 4 is 5.82 Å². The maximum Gasteiger partial charge on any atom is 0.129 e. The number of hydrogen-bond donors (Lipinski definition) is 2. The lowest BCUT2D eigenvalue weighted by atomic mass is 9.77. The highest BCUT2D eigenvalue weighted by atomic mass is 16.3. The normalized spacial score (nSPS) is 26.8. The fourth-order valence-corrected chi connectivity index (χ4v) is 2.98. The Morgan fingerprint density at radius 3 is 2.88 bits per heavy atom. The first-order chi connectivity index (χ1) is 8.09. The average molecular weight is 234 g/mol. The van der Waals surface area contributed by atoms with Crippen LogP contribution >= 0.6 is 0 Å². The first-order valence-electron chi connectivity index (χ1n) is 6.48. The van der Waals surface area contributed by atoms with E-state index in [-0.39, 0.29) is 0 Å². The van der Waals surface area contributed by atoms with Crippen LogP contribution in [0.5, 0.6) is 0 Å². The number of anilines is 1. The van der Waals surface area contributed by atoms with Crippen LogP contribution in [0, 0.1) is 18.8 Å². The van der Waals surface area contributed by atoms with Gasteiger partial charge in [-0.1, -0.05) is 19.8 Å². The second kappa shape index (κ2) is 5.05. The molecule has 3 heteroatoms. The van der Waals surface area contributed by atoms with Gasteiger partial charge in [0.2, 0.25) is 0 Å². The molecule has 17 heavy (non-hydrogen) atoms. The number of nitrogens with two attached hydrogens (primary N) is 1. The number of aliphatic hydroxyl groups is 1. The Morgan fingerprint density at radius 2 is 2.24 bits per heavy atom. The molecule has 1 saturated carbocycles.